The SMILES string of the molecule is CC1CC[C@@]2(C)CCCCC2C1. The van der Waals surface area contributed by atoms with Gasteiger partial charge in [-0.05, 0) is 42.9 Å². The number of hydrogen-bond donors (Lipinski definition) is 0. The van der Waals surface area contributed by atoms with Gasteiger partial charge < -0.3 is 0 Å². The van der Waals surface area contributed by atoms with Crippen LogP contribution in [0.3, 0.4) is 0 Å². The largest absolute Gasteiger partial charge is 0.0625 e. The highest BCUT2D eigenvalue weighted by Crippen LogP contribution is 2.51. The van der Waals surface area contributed by atoms with Crippen LogP contribution >= 0.6 is 0 Å². The Kier molecular flexibility index (Phi) is 2.18. The van der Waals surface area contributed by atoms with Crippen molar-refractivity contribution in [3.8, 4) is 0 Å². The van der Waals surface area contributed by atoms with E-state index in [9.17, 15) is 0 Å². The zero-order valence-electron chi connectivity index (χ0n) is 8.60. The maximum Gasteiger partial charge on any atom is -0.0297 e. The van der Waals surface area contributed by atoms with Crippen molar-refractivity contribution < 1.29 is 0 Å². The second kappa shape index (κ2) is 3.05. The molecule has 3 atom stereocenters. The summed E-state index contributed by atoms with van der Waals surface area (Å²) < 4.78 is 0. The van der Waals surface area contributed by atoms with Gasteiger partial charge in [-0.2, -0.15) is 0 Å². The summed E-state index contributed by atoms with van der Waals surface area (Å²) in [6.45, 7) is 4.98. The lowest BCUT2D eigenvalue weighted by atomic mass is 9.59. The first kappa shape index (κ1) is 8.59. The van der Waals surface area contributed by atoms with Gasteiger partial charge in [-0.15, -0.1) is 0 Å². The summed E-state index contributed by atoms with van der Waals surface area (Å²) in [6, 6.07) is 0. The van der Waals surface area contributed by atoms with Crippen molar-refractivity contribution in [2.24, 2.45) is 17.3 Å². The molecule has 0 aromatic carbocycles. The fourth-order valence-corrected chi connectivity index (χ4v) is 3.38. The highest BCUT2D eigenvalue weighted by Gasteiger charge is 2.39. The Morgan fingerprint density at radius 2 is 1.92 bits per heavy atom. The van der Waals surface area contributed by atoms with Crippen LogP contribution in [0.4, 0.5) is 0 Å². The van der Waals surface area contributed by atoms with Crippen LogP contribution in [-0.2, 0) is 0 Å². The van der Waals surface area contributed by atoms with Gasteiger partial charge >= 0.3 is 0 Å². The molecule has 0 spiro atoms. The van der Waals surface area contributed by atoms with E-state index < -0.39 is 0 Å². The van der Waals surface area contributed by atoms with Crippen LogP contribution in [-0.4, -0.2) is 0 Å². The summed E-state index contributed by atoms with van der Waals surface area (Å²) in [5, 5.41) is 0. The minimum Gasteiger partial charge on any atom is -0.0625 e. The van der Waals surface area contributed by atoms with Crippen molar-refractivity contribution in [1.29, 1.82) is 0 Å². The van der Waals surface area contributed by atoms with E-state index in [0.717, 1.165) is 17.3 Å². The van der Waals surface area contributed by atoms with Crippen LogP contribution in [0.2, 0.25) is 0 Å². The zero-order chi connectivity index (χ0) is 8.60. The molecule has 0 aromatic rings. The Morgan fingerprint density at radius 1 is 1.08 bits per heavy atom. The summed E-state index contributed by atoms with van der Waals surface area (Å²) in [5.74, 6) is 2.09. The van der Waals surface area contributed by atoms with E-state index in [1.807, 2.05) is 0 Å². The molecule has 2 fully saturated rings. The zero-order valence-corrected chi connectivity index (χ0v) is 8.60. The molecule has 0 radical (unpaired) electrons. The van der Waals surface area contributed by atoms with Gasteiger partial charge in [0.15, 0.2) is 0 Å². The van der Waals surface area contributed by atoms with Gasteiger partial charge in [-0.25, -0.2) is 0 Å². The van der Waals surface area contributed by atoms with Crippen LogP contribution in [0, 0.1) is 17.3 Å². The highest BCUT2D eigenvalue weighted by molar-refractivity contribution is 4.90. The molecule has 70 valence electrons. The molecule has 2 unspecified atom stereocenters. The number of fused-ring (bicyclic) bond motifs is 1. The quantitative estimate of drug-likeness (QED) is 0.510. The molecule has 0 N–H and O–H groups in total. The first-order valence-electron chi connectivity index (χ1n) is 5.71. The first-order valence-corrected chi connectivity index (χ1v) is 5.71. The van der Waals surface area contributed by atoms with Crippen LogP contribution in [0.1, 0.15) is 58.8 Å². The standard InChI is InChI=1S/C12H22/c1-10-6-8-12(2)7-4-3-5-11(12)9-10/h10-11H,3-9H2,1-2H3/t10?,11?,12-/m1/s1. The van der Waals surface area contributed by atoms with E-state index in [0.29, 0.717) is 0 Å². The molecular formula is C12H22. The van der Waals surface area contributed by atoms with Crippen LogP contribution in [0.25, 0.3) is 0 Å². The molecule has 0 heteroatoms. The Bertz CT molecular complexity index is 161. The second-order valence-corrected chi connectivity index (χ2v) is 5.48. The molecule has 0 aromatic heterocycles. The summed E-state index contributed by atoms with van der Waals surface area (Å²) >= 11 is 0. The fraction of sp³-hybridized carbons (Fsp3) is 1.00. The summed E-state index contributed by atoms with van der Waals surface area (Å²) in [4.78, 5) is 0. The van der Waals surface area contributed by atoms with Gasteiger partial charge in [0.25, 0.3) is 0 Å². The predicted molar refractivity (Wildman–Crippen MR) is 53.1 cm³/mol. The average molecular weight is 166 g/mol. The summed E-state index contributed by atoms with van der Waals surface area (Å²) in [7, 11) is 0. The van der Waals surface area contributed by atoms with E-state index in [1.165, 1.54) is 44.9 Å². The topological polar surface area (TPSA) is 0 Å². The maximum atomic E-state index is 2.54. The molecular weight excluding hydrogens is 144 g/mol. The van der Waals surface area contributed by atoms with E-state index >= 15 is 0 Å². The summed E-state index contributed by atoms with van der Waals surface area (Å²) in [5.41, 5.74) is 0.755. The fourth-order valence-electron chi connectivity index (χ4n) is 3.38. The lowest BCUT2D eigenvalue weighted by Crippen LogP contribution is -2.36. The normalized spacial score (nSPS) is 48.5. The smallest absolute Gasteiger partial charge is 0.0297 e. The van der Waals surface area contributed by atoms with E-state index in [1.54, 1.807) is 0 Å². The molecule has 12 heavy (non-hydrogen) atoms. The molecule has 0 aliphatic heterocycles. The lowest BCUT2D eigenvalue weighted by molar-refractivity contribution is 0.0416. The maximum absolute atomic E-state index is 2.54. The molecule has 2 aliphatic rings. The van der Waals surface area contributed by atoms with Gasteiger partial charge in [-0.1, -0.05) is 33.1 Å². The molecule has 0 bridgehead atoms. The molecule has 0 saturated heterocycles. The molecule has 2 aliphatic carbocycles. The minimum absolute atomic E-state index is 0.755. The monoisotopic (exact) mass is 166 g/mol. The average Bonchev–Trinajstić information content (AvgIpc) is 2.06. The van der Waals surface area contributed by atoms with E-state index in [4.69, 9.17) is 0 Å². The molecule has 0 nitrogen and oxygen atoms in total. The van der Waals surface area contributed by atoms with Crippen LogP contribution in [0.15, 0.2) is 0 Å². The summed E-state index contributed by atoms with van der Waals surface area (Å²) in [6.07, 6.45) is 10.6. The Morgan fingerprint density at radius 3 is 2.75 bits per heavy atom. The van der Waals surface area contributed by atoms with Crippen LogP contribution < -0.4 is 0 Å². The molecule has 2 saturated carbocycles. The third-order valence-corrected chi connectivity index (χ3v) is 4.43. The van der Waals surface area contributed by atoms with Gasteiger partial charge in [0.05, 0.1) is 0 Å². The van der Waals surface area contributed by atoms with Crippen molar-refractivity contribution in [3.05, 3.63) is 0 Å². The predicted octanol–water partition coefficient (Wildman–Crippen LogP) is 4.00. The number of hydrogen-bond acceptors (Lipinski definition) is 0. The van der Waals surface area contributed by atoms with Crippen LogP contribution in [0.5, 0.6) is 0 Å². The van der Waals surface area contributed by atoms with Crippen molar-refractivity contribution in [1.82, 2.24) is 0 Å². The lowest BCUT2D eigenvalue weighted by Gasteiger charge is -2.47. The number of rotatable bonds is 0. The van der Waals surface area contributed by atoms with E-state index in [-0.39, 0.29) is 0 Å². The highest BCUT2D eigenvalue weighted by atomic mass is 14.4. The van der Waals surface area contributed by atoms with E-state index in [2.05, 4.69) is 13.8 Å². The van der Waals surface area contributed by atoms with Crippen molar-refractivity contribution in [3.63, 3.8) is 0 Å². The third kappa shape index (κ3) is 1.41. The third-order valence-electron chi connectivity index (χ3n) is 4.43. The van der Waals surface area contributed by atoms with Gasteiger partial charge in [-0.3, -0.25) is 0 Å². The van der Waals surface area contributed by atoms with Crippen molar-refractivity contribution in [2.45, 2.75) is 58.8 Å². The van der Waals surface area contributed by atoms with Gasteiger partial charge in [0, 0.05) is 0 Å². The van der Waals surface area contributed by atoms with Gasteiger partial charge in [0.1, 0.15) is 0 Å². The van der Waals surface area contributed by atoms with Crippen molar-refractivity contribution >= 4 is 0 Å². The second-order valence-electron chi connectivity index (χ2n) is 5.48. The molecule has 0 heterocycles. The van der Waals surface area contributed by atoms with Crippen molar-refractivity contribution in [2.75, 3.05) is 0 Å². The Hall–Kier alpha value is 0. The first-order chi connectivity index (χ1) is 5.71. The molecule has 0 amide bonds. The Labute approximate surface area is 76.7 Å². The minimum atomic E-state index is 0.755. The van der Waals surface area contributed by atoms with Gasteiger partial charge in [0.2, 0.25) is 0 Å². The molecule has 2 rings (SSSR count). The Balaban J connectivity index is 2.06.